The number of aliphatic hydroxyl groups is 1. The Kier molecular flexibility index (Phi) is 3.92. The van der Waals surface area contributed by atoms with Crippen molar-refractivity contribution in [3.05, 3.63) is 69.0 Å². The van der Waals surface area contributed by atoms with Crippen molar-refractivity contribution in [2.75, 3.05) is 0 Å². The van der Waals surface area contributed by atoms with Gasteiger partial charge in [-0.3, -0.25) is 0 Å². The SMILES string of the molecule is Cc1cccc(CC(O)c2csc3c(Br)cccc23)c1. The molecule has 102 valence electrons. The van der Waals surface area contributed by atoms with E-state index in [1.807, 2.05) is 18.2 Å². The summed E-state index contributed by atoms with van der Waals surface area (Å²) in [6.07, 6.45) is 0.194. The van der Waals surface area contributed by atoms with Gasteiger partial charge >= 0.3 is 0 Å². The maximum atomic E-state index is 10.5. The molecule has 0 spiro atoms. The van der Waals surface area contributed by atoms with Gasteiger partial charge in [0.15, 0.2) is 0 Å². The minimum absolute atomic E-state index is 0.458. The third kappa shape index (κ3) is 2.66. The Bertz CT molecular complexity index is 748. The molecule has 3 aromatic rings. The molecule has 0 fully saturated rings. The van der Waals surface area contributed by atoms with Crippen molar-refractivity contribution in [3.8, 4) is 0 Å². The molecular formula is C17H15BrOS. The first-order valence-corrected chi connectivity index (χ1v) is 8.21. The smallest absolute Gasteiger partial charge is 0.0844 e. The normalized spacial score (nSPS) is 12.8. The summed E-state index contributed by atoms with van der Waals surface area (Å²) in [4.78, 5) is 0. The highest BCUT2D eigenvalue weighted by atomic mass is 79.9. The van der Waals surface area contributed by atoms with Crippen molar-refractivity contribution < 1.29 is 5.11 Å². The topological polar surface area (TPSA) is 20.2 Å². The van der Waals surface area contributed by atoms with Crippen molar-refractivity contribution in [2.45, 2.75) is 19.4 Å². The largest absolute Gasteiger partial charge is 0.388 e. The van der Waals surface area contributed by atoms with E-state index in [0.29, 0.717) is 6.42 Å². The van der Waals surface area contributed by atoms with Crippen LogP contribution < -0.4 is 0 Å². The molecule has 0 bridgehead atoms. The quantitative estimate of drug-likeness (QED) is 0.686. The molecule has 0 saturated carbocycles. The third-order valence-corrected chi connectivity index (χ3v) is 5.42. The molecule has 1 atom stereocenters. The monoisotopic (exact) mass is 346 g/mol. The van der Waals surface area contributed by atoms with Crippen LogP contribution in [-0.2, 0) is 6.42 Å². The lowest BCUT2D eigenvalue weighted by Gasteiger charge is -2.11. The summed E-state index contributed by atoms with van der Waals surface area (Å²) < 4.78 is 2.29. The molecule has 1 aromatic heterocycles. The van der Waals surface area contributed by atoms with E-state index in [0.717, 1.165) is 15.4 Å². The highest BCUT2D eigenvalue weighted by Gasteiger charge is 2.15. The number of halogens is 1. The lowest BCUT2D eigenvalue weighted by Crippen LogP contribution is -2.01. The Balaban J connectivity index is 1.93. The zero-order valence-corrected chi connectivity index (χ0v) is 13.5. The van der Waals surface area contributed by atoms with Crippen molar-refractivity contribution in [1.29, 1.82) is 0 Å². The lowest BCUT2D eigenvalue weighted by atomic mass is 10.00. The van der Waals surface area contributed by atoms with E-state index in [9.17, 15) is 5.11 Å². The molecule has 0 aliphatic rings. The number of aliphatic hydroxyl groups excluding tert-OH is 1. The minimum Gasteiger partial charge on any atom is -0.388 e. The van der Waals surface area contributed by atoms with Gasteiger partial charge in [-0.2, -0.15) is 0 Å². The van der Waals surface area contributed by atoms with Gasteiger partial charge in [0.05, 0.1) is 6.10 Å². The Morgan fingerprint density at radius 1 is 1.20 bits per heavy atom. The number of fused-ring (bicyclic) bond motifs is 1. The zero-order chi connectivity index (χ0) is 14.1. The molecule has 1 unspecified atom stereocenters. The fourth-order valence-electron chi connectivity index (χ4n) is 2.47. The summed E-state index contributed by atoms with van der Waals surface area (Å²) in [7, 11) is 0. The summed E-state index contributed by atoms with van der Waals surface area (Å²) >= 11 is 5.24. The van der Waals surface area contributed by atoms with Crippen LogP contribution in [0, 0.1) is 6.92 Å². The number of rotatable bonds is 3. The average Bonchev–Trinajstić information content (AvgIpc) is 2.84. The zero-order valence-electron chi connectivity index (χ0n) is 11.1. The molecule has 1 nitrogen and oxygen atoms in total. The van der Waals surface area contributed by atoms with E-state index in [-0.39, 0.29) is 0 Å². The molecule has 0 amide bonds. The maximum Gasteiger partial charge on any atom is 0.0844 e. The Labute approximate surface area is 131 Å². The van der Waals surface area contributed by atoms with Crippen molar-refractivity contribution >= 4 is 37.4 Å². The predicted octanol–water partition coefficient (Wildman–Crippen LogP) is 5.25. The summed E-state index contributed by atoms with van der Waals surface area (Å²) in [6, 6.07) is 14.4. The van der Waals surface area contributed by atoms with Crippen LogP contribution in [0.5, 0.6) is 0 Å². The molecule has 1 heterocycles. The number of hydrogen-bond acceptors (Lipinski definition) is 2. The van der Waals surface area contributed by atoms with Gasteiger partial charge in [0.1, 0.15) is 0 Å². The summed E-state index contributed by atoms with van der Waals surface area (Å²) in [5, 5.41) is 13.7. The van der Waals surface area contributed by atoms with Crippen molar-refractivity contribution in [1.82, 2.24) is 0 Å². The van der Waals surface area contributed by atoms with Gasteiger partial charge in [0, 0.05) is 15.6 Å². The highest BCUT2D eigenvalue weighted by molar-refractivity contribution is 9.10. The Hall–Kier alpha value is -1.16. The van der Waals surface area contributed by atoms with E-state index >= 15 is 0 Å². The minimum atomic E-state index is -0.458. The van der Waals surface area contributed by atoms with E-state index in [4.69, 9.17) is 0 Å². The van der Waals surface area contributed by atoms with Crippen LogP contribution in [-0.4, -0.2) is 5.11 Å². The molecule has 0 aliphatic heterocycles. The van der Waals surface area contributed by atoms with Gasteiger partial charge in [0.25, 0.3) is 0 Å². The standard InChI is InChI=1S/C17H15BrOS/c1-11-4-2-5-12(8-11)9-16(19)14-10-20-17-13(14)6-3-7-15(17)18/h2-8,10,16,19H,9H2,1H3. The number of thiophene rings is 1. The molecular weight excluding hydrogens is 332 g/mol. The summed E-state index contributed by atoms with van der Waals surface area (Å²) in [5.74, 6) is 0. The second-order valence-electron chi connectivity index (χ2n) is 5.02. The maximum absolute atomic E-state index is 10.5. The predicted molar refractivity (Wildman–Crippen MR) is 89.4 cm³/mol. The van der Waals surface area contributed by atoms with Crippen molar-refractivity contribution in [2.24, 2.45) is 0 Å². The van der Waals surface area contributed by atoms with Gasteiger partial charge in [-0.05, 0) is 50.8 Å². The highest BCUT2D eigenvalue weighted by Crippen LogP contribution is 2.36. The van der Waals surface area contributed by atoms with Gasteiger partial charge in [-0.25, -0.2) is 0 Å². The summed E-state index contributed by atoms with van der Waals surface area (Å²) in [5.41, 5.74) is 3.42. The van der Waals surface area contributed by atoms with E-state index in [1.165, 1.54) is 15.8 Å². The van der Waals surface area contributed by atoms with Gasteiger partial charge < -0.3 is 5.11 Å². The molecule has 0 aliphatic carbocycles. The second-order valence-corrected chi connectivity index (χ2v) is 6.75. The molecule has 3 heteroatoms. The van der Waals surface area contributed by atoms with Crippen LogP contribution in [0.25, 0.3) is 10.1 Å². The van der Waals surface area contributed by atoms with Gasteiger partial charge in [-0.1, -0.05) is 42.0 Å². The molecule has 20 heavy (non-hydrogen) atoms. The molecule has 2 aromatic carbocycles. The van der Waals surface area contributed by atoms with E-state index in [1.54, 1.807) is 11.3 Å². The van der Waals surface area contributed by atoms with E-state index in [2.05, 4.69) is 52.5 Å². The summed E-state index contributed by atoms with van der Waals surface area (Å²) in [6.45, 7) is 2.08. The fraction of sp³-hybridized carbons (Fsp3) is 0.176. The van der Waals surface area contributed by atoms with Crippen LogP contribution in [0.1, 0.15) is 22.8 Å². The Morgan fingerprint density at radius 2 is 2.00 bits per heavy atom. The first kappa shape index (κ1) is 13.8. The second kappa shape index (κ2) is 5.68. The van der Waals surface area contributed by atoms with Crippen LogP contribution in [0.2, 0.25) is 0 Å². The first-order valence-electron chi connectivity index (χ1n) is 6.54. The lowest BCUT2D eigenvalue weighted by molar-refractivity contribution is 0.180. The van der Waals surface area contributed by atoms with Crippen LogP contribution in [0.3, 0.4) is 0 Å². The number of benzene rings is 2. The van der Waals surface area contributed by atoms with Crippen molar-refractivity contribution in [3.63, 3.8) is 0 Å². The van der Waals surface area contributed by atoms with Gasteiger partial charge in [-0.15, -0.1) is 11.3 Å². The number of aryl methyl sites for hydroxylation is 1. The number of hydrogen-bond donors (Lipinski definition) is 1. The Morgan fingerprint density at radius 3 is 2.80 bits per heavy atom. The molecule has 0 saturated heterocycles. The van der Waals surface area contributed by atoms with Crippen LogP contribution in [0.4, 0.5) is 0 Å². The first-order chi connectivity index (χ1) is 9.65. The fourth-order valence-corrected chi connectivity index (χ4v) is 4.14. The van der Waals surface area contributed by atoms with Gasteiger partial charge in [0.2, 0.25) is 0 Å². The molecule has 0 radical (unpaired) electrons. The van der Waals surface area contributed by atoms with Crippen LogP contribution in [0.15, 0.2) is 52.3 Å². The molecule has 3 rings (SSSR count). The average molecular weight is 347 g/mol. The van der Waals surface area contributed by atoms with Crippen LogP contribution >= 0.6 is 27.3 Å². The van der Waals surface area contributed by atoms with E-state index < -0.39 is 6.10 Å². The third-order valence-electron chi connectivity index (χ3n) is 3.45. The molecule has 1 N–H and O–H groups in total.